The van der Waals surface area contributed by atoms with Crippen LogP contribution in [0, 0.1) is 0 Å². The highest BCUT2D eigenvalue weighted by Crippen LogP contribution is 2.35. The summed E-state index contributed by atoms with van der Waals surface area (Å²) in [5.74, 6) is -2.50. The Morgan fingerprint density at radius 3 is 2.35 bits per heavy atom. The van der Waals surface area contributed by atoms with Gasteiger partial charge in [-0.15, -0.1) is 0 Å². The number of nitrogens with zero attached hydrogens (tertiary/aromatic N) is 1. The zero-order valence-corrected chi connectivity index (χ0v) is 11.3. The van der Waals surface area contributed by atoms with E-state index in [9.17, 15) is 9.59 Å². The van der Waals surface area contributed by atoms with Crippen LogP contribution < -0.4 is 0 Å². The van der Waals surface area contributed by atoms with E-state index in [4.69, 9.17) is 33.4 Å². The van der Waals surface area contributed by atoms with Crippen molar-refractivity contribution in [3.05, 3.63) is 51.8 Å². The lowest BCUT2D eigenvalue weighted by molar-refractivity contribution is 0.0676. The topological polar surface area (TPSA) is 87.5 Å². The predicted octanol–water partition coefficient (Wildman–Crippen LogP) is 3.45. The van der Waals surface area contributed by atoms with Crippen molar-refractivity contribution >= 4 is 35.1 Å². The van der Waals surface area contributed by atoms with Gasteiger partial charge < -0.3 is 10.2 Å². The molecule has 1 heterocycles. The lowest BCUT2D eigenvalue weighted by Crippen LogP contribution is -2.06. The molecule has 1 aromatic carbocycles. The Bertz CT molecular complexity index is 716. The Hall–Kier alpha value is -2.11. The predicted molar refractivity (Wildman–Crippen MR) is 73.6 cm³/mol. The number of carboxylic acid groups (broad SMARTS) is 2. The van der Waals surface area contributed by atoms with Crippen LogP contribution in [-0.4, -0.2) is 27.1 Å². The van der Waals surface area contributed by atoms with Crippen LogP contribution in [0.2, 0.25) is 10.0 Å². The summed E-state index contributed by atoms with van der Waals surface area (Å²) in [7, 11) is 0. The fourth-order valence-corrected chi connectivity index (χ4v) is 2.08. The molecule has 7 heteroatoms. The second-order valence-electron chi connectivity index (χ2n) is 3.83. The summed E-state index contributed by atoms with van der Waals surface area (Å²) < 4.78 is 0. The molecule has 0 fully saturated rings. The Kier molecular flexibility index (Phi) is 3.92. The fourth-order valence-electron chi connectivity index (χ4n) is 1.68. The maximum absolute atomic E-state index is 11.2. The van der Waals surface area contributed by atoms with E-state index < -0.39 is 11.9 Å². The number of aromatic carboxylic acids is 2. The largest absolute Gasteiger partial charge is 0.478 e. The number of carboxylic acids is 2. The fraction of sp³-hybridized carbons (Fsp3) is 0. The second-order valence-corrected chi connectivity index (χ2v) is 4.61. The van der Waals surface area contributed by atoms with Gasteiger partial charge >= 0.3 is 11.9 Å². The number of hydrogen-bond donors (Lipinski definition) is 2. The number of aromatic nitrogens is 1. The van der Waals surface area contributed by atoms with E-state index in [1.807, 2.05) is 0 Å². The molecular weight excluding hydrogens is 305 g/mol. The van der Waals surface area contributed by atoms with Crippen molar-refractivity contribution in [2.45, 2.75) is 0 Å². The summed E-state index contributed by atoms with van der Waals surface area (Å²) in [4.78, 5) is 25.7. The van der Waals surface area contributed by atoms with Gasteiger partial charge in [0.2, 0.25) is 0 Å². The van der Waals surface area contributed by atoms with Gasteiger partial charge in [0.25, 0.3) is 0 Å². The molecule has 2 aromatic rings. The van der Waals surface area contributed by atoms with Crippen LogP contribution >= 0.6 is 23.2 Å². The highest BCUT2D eigenvalue weighted by atomic mass is 35.5. The average molecular weight is 312 g/mol. The van der Waals surface area contributed by atoms with Crippen LogP contribution in [0.4, 0.5) is 0 Å². The van der Waals surface area contributed by atoms with Gasteiger partial charge in [-0.2, -0.15) is 0 Å². The molecule has 0 aliphatic rings. The van der Waals surface area contributed by atoms with Gasteiger partial charge in [0.05, 0.1) is 15.6 Å². The Morgan fingerprint density at radius 1 is 1.05 bits per heavy atom. The minimum absolute atomic E-state index is 0.150. The third-order valence-corrected chi connectivity index (χ3v) is 3.41. The summed E-state index contributed by atoms with van der Waals surface area (Å²) in [6.45, 7) is 0. The van der Waals surface area contributed by atoms with Crippen LogP contribution in [0.1, 0.15) is 20.8 Å². The number of hydrogen-bond acceptors (Lipinski definition) is 3. The number of benzene rings is 1. The molecular formula is C13H7Cl2NO4. The van der Waals surface area contributed by atoms with Crippen LogP contribution in [0.3, 0.4) is 0 Å². The molecule has 0 aliphatic carbocycles. The van der Waals surface area contributed by atoms with Crippen molar-refractivity contribution in [2.24, 2.45) is 0 Å². The molecule has 0 spiro atoms. The average Bonchev–Trinajstić information content (AvgIpc) is 2.41. The molecule has 0 saturated heterocycles. The van der Waals surface area contributed by atoms with Gasteiger partial charge in [0.1, 0.15) is 5.69 Å². The monoisotopic (exact) mass is 311 g/mol. The first-order valence-corrected chi connectivity index (χ1v) is 6.08. The first-order chi connectivity index (χ1) is 9.41. The molecule has 2 N–H and O–H groups in total. The molecule has 0 radical (unpaired) electrons. The lowest BCUT2D eigenvalue weighted by atomic mass is 10.0. The van der Waals surface area contributed by atoms with Crippen molar-refractivity contribution in [3.8, 4) is 11.1 Å². The highest BCUT2D eigenvalue weighted by Gasteiger charge is 2.18. The quantitative estimate of drug-likeness (QED) is 0.906. The molecule has 102 valence electrons. The van der Waals surface area contributed by atoms with Crippen molar-refractivity contribution in [2.75, 3.05) is 0 Å². The Morgan fingerprint density at radius 2 is 1.75 bits per heavy atom. The van der Waals surface area contributed by atoms with Crippen molar-refractivity contribution in [3.63, 3.8) is 0 Å². The van der Waals surface area contributed by atoms with Crippen molar-refractivity contribution < 1.29 is 19.8 Å². The van der Waals surface area contributed by atoms with Gasteiger partial charge in [-0.3, -0.25) is 0 Å². The van der Waals surface area contributed by atoms with Gasteiger partial charge in [-0.1, -0.05) is 35.3 Å². The first-order valence-electron chi connectivity index (χ1n) is 5.33. The summed E-state index contributed by atoms with van der Waals surface area (Å²) in [6.07, 6.45) is 0.984. The van der Waals surface area contributed by atoms with E-state index in [1.54, 1.807) is 18.2 Å². The zero-order chi connectivity index (χ0) is 14.9. The summed E-state index contributed by atoms with van der Waals surface area (Å²) in [5, 5.41) is 18.5. The van der Waals surface area contributed by atoms with Gasteiger partial charge in [0.15, 0.2) is 0 Å². The SMILES string of the molecule is O=C(O)c1cc(-c2cccc(Cl)c2Cl)c(C(=O)O)cn1. The normalized spacial score (nSPS) is 10.3. The molecule has 0 unspecified atom stereocenters. The van der Waals surface area contributed by atoms with E-state index in [0.29, 0.717) is 5.56 Å². The van der Waals surface area contributed by atoms with Crippen molar-refractivity contribution in [1.29, 1.82) is 0 Å². The lowest BCUT2D eigenvalue weighted by Gasteiger charge is -2.09. The molecule has 0 bridgehead atoms. The van der Waals surface area contributed by atoms with E-state index in [-0.39, 0.29) is 26.9 Å². The van der Waals surface area contributed by atoms with Crippen LogP contribution in [0.15, 0.2) is 30.5 Å². The van der Waals surface area contributed by atoms with Crippen LogP contribution in [0.25, 0.3) is 11.1 Å². The highest BCUT2D eigenvalue weighted by molar-refractivity contribution is 6.43. The van der Waals surface area contributed by atoms with Crippen LogP contribution in [-0.2, 0) is 0 Å². The molecule has 2 rings (SSSR count). The van der Waals surface area contributed by atoms with Gasteiger partial charge in [0, 0.05) is 17.3 Å². The third-order valence-electron chi connectivity index (χ3n) is 2.60. The standard InChI is InChI=1S/C13H7Cl2NO4/c14-9-3-1-2-6(11(9)15)7-4-10(13(19)20)16-5-8(7)12(17)18/h1-5H,(H,17,18)(H,19,20). The number of halogens is 2. The number of pyridine rings is 1. The number of carbonyl (C=O) groups is 2. The second kappa shape index (κ2) is 5.48. The van der Waals surface area contributed by atoms with E-state index in [1.165, 1.54) is 0 Å². The minimum Gasteiger partial charge on any atom is -0.478 e. The Balaban J connectivity index is 2.76. The summed E-state index contributed by atoms with van der Waals surface area (Å²) in [6, 6.07) is 5.86. The van der Waals surface area contributed by atoms with Crippen molar-refractivity contribution in [1.82, 2.24) is 4.98 Å². The van der Waals surface area contributed by atoms with Crippen LogP contribution in [0.5, 0.6) is 0 Å². The van der Waals surface area contributed by atoms with Gasteiger partial charge in [-0.05, 0) is 12.1 Å². The zero-order valence-electron chi connectivity index (χ0n) is 9.80. The smallest absolute Gasteiger partial charge is 0.354 e. The molecule has 0 amide bonds. The maximum Gasteiger partial charge on any atom is 0.354 e. The molecule has 1 aromatic heterocycles. The molecule has 0 atom stereocenters. The summed E-state index contributed by atoms with van der Waals surface area (Å²) in [5.41, 5.74) is 0.0547. The molecule has 5 nitrogen and oxygen atoms in total. The minimum atomic E-state index is -1.26. The third kappa shape index (κ3) is 2.59. The maximum atomic E-state index is 11.2. The molecule has 0 aliphatic heterocycles. The van der Waals surface area contributed by atoms with Gasteiger partial charge in [-0.25, -0.2) is 14.6 Å². The van der Waals surface area contributed by atoms with E-state index in [0.717, 1.165) is 12.3 Å². The van der Waals surface area contributed by atoms with E-state index >= 15 is 0 Å². The first kappa shape index (κ1) is 14.3. The molecule has 0 saturated carbocycles. The summed E-state index contributed by atoms with van der Waals surface area (Å²) >= 11 is 11.9. The number of rotatable bonds is 3. The molecule has 20 heavy (non-hydrogen) atoms. The van der Waals surface area contributed by atoms with E-state index in [2.05, 4.69) is 4.98 Å². The Labute approximate surface area is 123 Å².